The van der Waals surface area contributed by atoms with E-state index in [0.717, 1.165) is 27.3 Å². The van der Waals surface area contributed by atoms with Gasteiger partial charge in [0.15, 0.2) is 5.82 Å². The second-order valence-electron chi connectivity index (χ2n) is 6.87. The van der Waals surface area contributed by atoms with E-state index in [-0.39, 0.29) is 5.91 Å². The van der Waals surface area contributed by atoms with Crippen molar-refractivity contribution in [3.05, 3.63) is 82.7 Å². The van der Waals surface area contributed by atoms with E-state index in [9.17, 15) is 4.79 Å². The average Bonchev–Trinajstić information content (AvgIpc) is 3.39. The molecule has 4 aromatic rings. The zero-order chi connectivity index (χ0) is 21.1. The second-order valence-corrected chi connectivity index (χ2v) is 8.89. The molecule has 0 fully saturated rings. The third kappa shape index (κ3) is 4.24. The van der Waals surface area contributed by atoms with Gasteiger partial charge >= 0.3 is 0 Å². The minimum absolute atomic E-state index is 0.138. The molecule has 0 saturated heterocycles. The lowest BCUT2D eigenvalue weighted by atomic mass is 10.1. The molecule has 6 nitrogen and oxygen atoms in total. The number of amides is 1. The average molecular weight is 436 g/mol. The fraction of sp³-hybridized carbons (Fsp3) is 0.136. The highest BCUT2D eigenvalue weighted by molar-refractivity contribution is 8.00. The molecule has 0 spiro atoms. The SMILES string of the molecule is Cc1ccc(C)c(NC(=O)C(Sc2nnc(-c3cccs3)n2N)c2ccccc2)c1. The second kappa shape index (κ2) is 8.73. The summed E-state index contributed by atoms with van der Waals surface area (Å²) < 4.78 is 1.44. The Bertz CT molecular complexity index is 1160. The monoisotopic (exact) mass is 435 g/mol. The maximum atomic E-state index is 13.3. The van der Waals surface area contributed by atoms with Crippen LogP contribution in [0.3, 0.4) is 0 Å². The minimum Gasteiger partial charge on any atom is -0.335 e. The molecule has 0 aliphatic carbocycles. The standard InChI is InChI=1S/C22H21N5OS2/c1-14-10-11-15(2)17(13-14)24-21(28)19(16-7-4-3-5-8-16)30-22-26-25-20(27(22)23)18-9-6-12-29-18/h3-13,19H,23H2,1-2H3,(H,24,28). The summed E-state index contributed by atoms with van der Waals surface area (Å²) in [6.07, 6.45) is 0. The summed E-state index contributed by atoms with van der Waals surface area (Å²) >= 11 is 2.82. The highest BCUT2D eigenvalue weighted by Gasteiger charge is 2.26. The van der Waals surface area contributed by atoms with Gasteiger partial charge in [0.25, 0.3) is 0 Å². The van der Waals surface area contributed by atoms with Crippen molar-refractivity contribution in [1.29, 1.82) is 0 Å². The van der Waals surface area contributed by atoms with Gasteiger partial charge in [0.2, 0.25) is 11.1 Å². The molecule has 2 aromatic heterocycles. The van der Waals surface area contributed by atoms with Crippen LogP contribution in [0.4, 0.5) is 5.69 Å². The summed E-state index contributed by atoms with van der Waals surface area (Å²) in [5, 5.41) is 13.4. The predicted molar refractivity (Wildman–Crippen MR) is 123 cm³/mol. The fourth-order valence-corrected chi connectivity index (χ4v) is 4.67. The van der Waals surface area contributed by atoms with Crippen molar-refractivity contribution in [3.8, 4) is 10.7 Å². The van der Waals surface area contributed by atoms with Gasteiger partial charge in [-0.1, -0.05) is 60.3 Å². The summed E-state index contributed by atoms with van der Waals surface area (Å²) in [5.41, 5.74) is 3.76. The topological polar surface area (TPSA) is 85.8 Å². The molecule has 0 saturated carbocycles. The van der Waals surface area contributed by atoms with E-state index in [1.807, 2.05) is 79.9 Å². The summed E-state index contributed by atoms with van der Waals surface area (Å²) in [5.74, 6) is 6.70. The molecular formula is C22H21N5OS2. The highest BCUT2D eigenvalue weighted by Crippen LogP contribution is 2.36. The Hall–Kier alpha value is -3.10. The number of carbonyl (C=O) groups excluding carboxylic acids is 1. The molecule has 0 aliphatic rings. The Kier molecular flexibility index (Phi) is 5.87. The third-order valence-corrected chi connectivity index (χ3v) is 6.70. The summed E-state index contributed by atoms with van der Waals surface area (Å²) in [7, 11) is 0. The molecule has 2 heterocycles. The van der Waals surface area contributed by atoms with Gasteiger partial charge in [0.05, 0.1) is 4.88 Å². The van der Waals surface area contributed by atoms with Crippen LogP contribution in [0.2, 0.25) is 0 Å². The van der Waals surface area contributed by atoms with E-state index in [1.54, 1.807) is 0 Å². The van der Waals surface area contributed by atoms with Gasteiger partial charge in [-0.15, -0.1) is 21.5 Å². The summed E-state index contributed by atoms with van der Waals surface area (Å²) in [6.45, 7) is 3.98. The van der Waals surface area contributed by atoms with Crippen molar-refractivity contribution in [3.63, 3.8) is 0 Å². The molecule has 8 heteroatoms. The summed E-state index contributed by atoms with van der Waals surface area (Å²) in [6, 6.07) is 19.5. The Morgan fingerprint density at radius 1 is 1.10 bits per heavy atom. The van der Waals surface area contributed by atoms with Crippen LogP contribution in [-0.2, 0) is 4.79 Å². The lowest BCUT2D eigenvalue weighted by Crippen LogP contribution is -2.21. The molecular weight excluding hydrogens is 414 g/mol. The number of aromatic nitrogens is 3. The van der Waals surface area contributed by atoms with Gasteiger partial charge in [0, 0.05) is 5.69 Å². The molecule has 0 radical (unpaired) electrons. The Labute approximate surface area is 183 Å². The first-order valence-corrected chi connectivity index (χ1v) is 11.1. The number of nitrogens with one attached hydrogen (secondary N) is 1. The molecule has 2 aromatic carbocycles. The number of aryl methyl sites for hydroxylation is 2. The molecule has 1 amide bonds. The van der Waals surface area contributed by atoms with Crippen LogP contribution >= 0.6 is 23.1 Å². The van der Waals surface area contributed by atoms with Crippen LogP contribution in [0.1, 0.15) is 21.9 Å². The maximum Gasteiger partial charge on any atom is 0.242 e. The zero-order valence-corrected chi connectivity index (χ0v) is 18.2. The van der Waals surface area contributed by atoms with Gasteiger partial charge < -0.3 is 11.2 Å². The molecule has 1 unspecified atom stereocenters. The van der Waals surface area contributed by atoms with Crippen molar-refractivity contribution < 1.29 is 4.79 Å². The van der Waals surface area contributed by atoms with Gasteiger partial charge in [-0.2, -0.15) is 0 Å². The number of benzene rings is 2. The smallest absolute Gasteiger partial charge is 0.242 e. The number of nitrogens with zero attached hydrogens (tertiary/aromatic N) is 3. The molecule has 1 atom stereocenters. The minimum atomic E-state index is -0.534. The van der Waals surface area contributed by atoms with E-state index >= 15 is 0 Å². The first-order valence-electron chi connectivity index (χ1n) is 9.37. The van der Waals surface area contributed by atoms with E-state index in [2.05, 4.69) is 15.5 Å². The molecule has 0 aliphatic heterocycles. The quantitative estimate of drug-likeness (QED) is 0.335. The number of rotatable bonds is 6. The Balaban J connectivity index is 1.64. The number of hydrogen-bond acceptors (Lipinski definition) is 6. The number of thiophene rings is 1. The Morgan fingerprint density at radius 3 is 2.63 bits per heavy atom. The lowest BCUT2D eigenvalue weighted by Gasteiger charge is -2.17. The number of carbonyl (C=O) groups is 1. The van der Waals surface area contributed by atoms with Gasteiger partial charge in [-0.05, 0) is 48.1 Å². The van der Waals surface area contributed by atoms with E-state index in [4.69, 9.17) is 5.84 Å². The van der Waals surface area contributed by atoms with Crippen molar-refractivity contribution in [2.45, 2.75) is 24.3 Å². The number of hydrogen-bond donors (Lipinski definition) is 2. The van der Waals surface area contributed by atoms with Crippen LogP contribution < -0.4 is 11.2 Å². The van der Waals surface area contributed by atoms with Crippen molar-refractivity contribution in [2.75, 3.05) is 11.2 Å². The molecule has 30 heavy (non-hydrogen) atoms. The molecule has 3 N–H and O–H groups in total. The van der Waals surface area contributed by atoms with E-state index < -0.39 is 5.25 Å². The van der Waals surface area contributed by atoms with E-state index in [1.165, 1.54) is 27.8 Å². The zero-order valence-electron chi connectivity index (χ0n) is 16.6. The van der Waals surface area contributed by atoms with Gasteiger partial charge in [0.1, 0.15) is 5.25 Å². The Morgan fingerprint density at radius 2 is 1.90 bits per heavy atom. The molecule has 152 valence electrons. The number of nitrogen functional groups attached to an aromatic ring is 1. The first-order chi connectivity index (χ1) is 14.5. The van der Waals surface area contributed by atoms with Crippen LogP contribution in [0.25, 0.3) is 10.7 Å². The number of nitrogens with two attached hydrogens (primary N) is 1. The van der Waals surface area contributed by atoms with Gasteiger partial charge in [-0.25, -0.2) is 4.68 Å². The lowest BCUT2D eigenvalue weighted by molar-refractivity contribution is -0.115. The summed E-state index contributed by atoms with van der Waals surface area (Å²) in [4.78, 5) is 14.2. The van der Waals surface area contributed by atoms with Crippen LogP contribution in [0.15, 0.2) is 71.2 Å². The third-order valence-electron chi connectivity index (χ3n) is 4.62. The first kappa shape index (κ1) is 20.2. The van der Waals surface area contributed by atoms with Crippen LogP contribution in [0, 0.1) is 13.8 Å². The van der Waals surface area contributed by atoms with E-state index in [0.29, 0.717) is 11.0 Å². The van der Waals surface area contributed by atoms with Gasteiger partial charge in [-0.3, -0.25) is 4.79 Å². The maximum absolute atomic E-state index is 13.3. The van der Waals surface area contributed by atoms with Crippen molar-refractivity contribution in [1.82, 2.24) is 14.9 Å². The van der Waals surface area contributed by atoms with Crippen LogP contribution in [-0.4, -0.2) is 20.8 Å². The predicted octanol–water partition coefficient (Wildman–Crippen LogP) is 4.81. The van der Waals surface area contributed by atoms with Crippen LogP contribution in [0.5, 0.6) is 0 Å². The van der Waals surface area contributed by atoms with Crippen molar-refractivity contribution in [2.24, 2.45) is 0 Å². The fourth-order valence-electron chi connectivity index (χ4n) is 3.01. The number of thioether (sulfide) groups is 1. The molecule has 4 rings (SSSR count). The molecule has 0 bridgehead atoms. The highest BCUT2D eigenvalue weighted by atomic mass is 32.2. The number of anilines is 1. The largest absolute Gasteiger partial charge is 0.335 e. The van der Waals surface area contributed by atoms with Crippen molar-refractivity contribution >= 4 is 34.7 Å². The normalized spacial score (nSPS) is 11.9.